The number of aliphatic hydroxyl groups excluding tert-OH is 2. The second kappa shape index (κ2) is 4.66. The number of hydrogen-bond acceptors (Lipinski definition) is 5. The highest BCUT2D eigenvalue weighted by Crippen LogP contribution is 2.26. The Balaban J connectivity index is 2.38. The summed E-state index contributed by atoms with van der Waals surface area (Å²) >= 11 is 0. The lowest BCUT2D eigenvalue weighted by Crippen LogP contribution is -2.33. The number of aromatic nitrogens is 2. The van der Waals surface area contributed by atoms with Gasteiger partial charge in [-0.2, -0.15) is 0 Å². The Morgan fingerprint density at radius 3 is 2.76 bits per heavy atom. The SMILES string of the molecule is O=c1ccn([C@@H]2O[C@H](CO)C=C2CO)c(=O)[nH]1. The molecule has 2 rings (SSSR count). The van der Waals surface area contributed by atoms with Crippen molar-refractivity contribution in [3.8, 4) is 0 Å². The van der Waals surface area contributed by atoms with Gasteiger partial charge in [-0.25, -0.2) is 4.79 Å². The summed E-state index contributed by atoms with van der Waals surface area (Å²) < 4.78 is 6.51. The predicted molar refractivity (Wildman–Crippen MR) is 57.5 cm³/mol. The van der Waals surface area contributed by atoms with Crippen LogP contribution in [0, 0.1) is 0 Å². The van der Waals surface area contributed by atoms with Crippen molar-refractivity contribution in [2.75, 3.05) is 13.2 Å². The minimum absolute atomic E-state index is 0.238. The maximum Gasteiger partial charge on any atom is 0.330 e. The fourth-order valence-corrected chi connectivity index (χ4v) is 1.70. The highest BCUT2D eigenvalue weighted by Gasteiger charge is 2.28. The highest BCUT2D eigenvalue weighted by atomic mass is 16.5. The molecule has 17 heavy (non-hydrogen) atoms. The first-order valence-corrected chi connectivity index (χ1v) is 5.05. The number of nitrogens with one attached hydrogen (secondary N) is 1. The van der Waals surface area contributed by atoms with Gasteiger partial charge in [0.2, 0.25) is 0 Å². The summed E-state index contributed by atoms with van der Waals surface area (Å²) in [4.78, 5) is 24.5. The van der Waals surface area contributed by atoms with E-state index in [9.17, 15) is 9.59 Å². The molecule has 0 amide bonds. The van der Waals surface area contributed by atoms with Crippen molar-refractivity contribution < 1.29 is 14.9 Å². The number of ether oxygens (including phenoxy) is 1. The molecule has 0 aromatic carbocycles. The van der Waals surface area contributed by atoms with Gasteiger partial charge in [-0.1, -0.05) is 0 Å². The van der Waals surface area contributed by atoms with Crippen LogP contribution in [0.2, 0.25) is 0 Å². The van der Waals surface area contributed by atoms with Crippen molar-refractivity contribution in [3.63, 3.8) is 0 Å². The number of hydrogen-bond donors (Lipinski definition) is 3. The molecule has 0 bridgehead atoms. The van der Waals surface area contributed by atoms with Gasteiger partial charge in [-0.05, 0) is 6.08 Å². The summed E-state index contributed by atoms with van der Waals surface area (Å²) in [6.07, 6.45) is 1.50. The van der Waals surface area contributed by atoms with E-state index in [0.717, 1.165) is 4.57 Å². The lowest BCUT2D eigenvalue weighted by molar-refractivity contribution is -0.0174. The smallest absolute Gasteiger partial charge is 0.330 e. The van der Waals surface area contributed by atoms with E-state index in [-0.39, 0.29) is 13.2 Å². The topological polar surface area (TPSA) is 105 Å². The largest absolute Gasteiger partial charge is 0.393 e. The average molecular weight is 240 g/mol. The third kappa shape index (κ3) is 2.21. The summed E-state index contributed by atoms with van der Waals surface area (Å²) in [5.41, 5.74) is -0.656. The molecule has 3 N–H and O–H groups in total. The molecular weight excluding hydrogens is 228 g/mol. The van der Waals surface area contributed by atoms with Gasteiger partial charge >= 0.3 is 5.69 Å². The van der Waals surface area contributed by atoms with Crippen LogP contribution in [-0.2, 0) is 4.74 Å². The molecule has 2 heterocycles. The Hall–Kier alpha value is -1.70. The van der Waals surface area contributed by atoms with E-state index in [0.29, 0.717) is 5.57 Å². The van der Waals surface area contributed by atoms with Crippen molar-refractivity contribution in [3.05, 3.63) is 44.8 Å². The van der Waals surface area contributed by atoms with Gasteiger partial charge in [0.15, 0.2) is 6.23 Å². The van der Waals surface area contributed by atoms with Crippen molar-refractivity contribution in [2.45, 2.75) is 12.3 Å². The van der Waals surface area contributed by atoms with Gasteiger partial charge in [-0.15, -0.1) is 0 Å². The average Bonchev–Trinajstić information content (AvgIpc) is 2.72. The lowest BCUT2D eigenvalue weighted by Gasteiger charge is -2.17. The van der Waals surface area contributed by atoms with E-state index in [1.807, 2.05) is 0 Å². The zero-order chi connectivity index (χ0) is 12.4. The molecule has 92 valence electrons. The third-order valence-corrected chi connectivity index (χ3v) is 2.49. The monoisotopic (exact) mass is 240 g/mol. The van der Waals surface area contributed by atoms with E-state index >= 15 is 0 Å². The molecule has 1 aliphatic rings. The van der Waals surface area contributed by atoms with Crippen LogP contribution in [0.5, 0.6) is 0 Å². The summed E-state index contributed by atoms with van der Waals surface area (Å²) in [5, 5.41) is 18.1. The molecule has 1 aromatic rings. The molecule has 0 aliphatic carbocycles. The van der Waals surface area contributed by atoms with Crippen molar-refractivity contribution in [1.29, 1.82) is 0 Å². The molecule has 0 unspecified atom stereocenters. The van der Waals surface area contributed by atoms with E-state index in [1.54, 1.807) is 6.08 Å². The molecular formula is C10H12N2O5. The first kappa shape index (κ1) is 11.8. The van der Waals surface area contributed by atoms with E-state index in [1.165, 1.54) is 12.3 Å². The quantitative estimate of drug-likeness (QED) is 0.549. The molecule has 7 heteroatoms. The number of nitrogens with zero attached hydrogens (tertiary/aromatic N) is 1. The van der Waals surface area contributed by atoms with E-state index < -0.39 is 23.6 Å². The Morgan fingerprint density at radius 1 is 1.41 bits per heavy atom. The molecule has 7 nitrogen and oxygen atoms in total. The maximum absolute atomic E-state index is 11.5. The van der Waals surface area contributed by atoms with Gasteiger partial charge < -0.3 is 14.9 Å². The minimum atomic E-state index is -0.790. The van der Waals surface area contributed by atoms with Crippen LogP contribution < -0.4 is 11.2 Å². The molecule has 0 fully saturated rings. The Labute approximate surface area is 95.6 Å². The van der Waals surface area contributed by atoms with E-state index in [4.69, 9.17) is 14.9 Å². The molecule has 1 aromatic heterocycles. The fourth-order valence-electron chi connectivity index (χ4n) is 1.70. The van der Waals surface area contributed by atoms with Crippen molar-refractivity contribution >= 4 is 0 Å². The number of rotatable bonds is 3. The predicted octanol–water partition coefficient (Wildman–Crippen LogP) is -1.65. The van der Waals surface area contributed by atoms with Crippen LogP contribution in [0.1, 0.15) is 6.23 Å². The third-order valence-electron chi connectivity index (χ3n) is 2.49. The summed E-state index contributed by atoms with van der Waals surface area (Å²) in [5.74, 6) is 0. The maximum atomic E-state index is 11.5. The van der Waals surface area contributed by atoms with Crippen LogP contribution in [0.4, 0.5) is 0 Å². The van der Waals surface area contributed by atoms with Crippen LogP contribution in [0.15, 0.2) is 33.5 Å². The zero-order valence-corrected chi connectivity index (χ0v) is 8.87. The fraction of sp³-hybridized carbons (Fsp3) is 0.400. The second-order valence-electron chi connectivity index (χ2n) is 3.63. The van der Waals surface area contributed by atoms with Crippen molar-refractivity contribution in [2.24, 2.45) is 0 Å². The Morgan fingerprint density at radius 2 is 2.18 bits per heavy atom. The number of aliphatic hydroxyl groups is 2. The minimum Gasteiger partial charge on any atom is -0.393 e. The molecule has 0 saturated heterocycles. The zero-order valence-electron chi connectivity index (χ0n) is 8.87. The summed E-state index contributed by atoms with van der Waals surface area (Å²) in [7, 11) is 0. The van der Waals surface area contributed by atoms with Crippen LogP contribution >= 0.6 is 0 Å². The van der Waals surface area contributed by atoms with Gasteiger partial charge in [0.1, 0.15) is 6.10 Å². The van der Waals surface area contributed by atoms with Crippen LogP contribution in [-0.4, -0.2) is 39.1 Å². The number of H-pyrrole nitrogens is 1. The molecule has 2 atom stereocenters. The molecule has 0 saturated carbocycles. The second-order valence-corrected chi connectivity index (χ2v) is 3.63. The first-order valence-electron chi connectivity index (χ1n) is 5.05. The van der Waals surface area contributed by atoms with E-state index in [2.05, 4.69) is 4.98 Å². The first-order chi connectivity index (χ1) is 8.15. The van der Waals surface area contributed by atoms with Gasteiger partial charge in [-0.3, -0.25) is 14.3 Å². The Bertz CT molecular complexity index is 544. The molecule has 0 radical (unpaired) electrons. The van der Waals surface area contributed by atoms with Crippen LogP contribution in [0.3, 0.4) is 0 Å². The highest BCUT2D eigenvalue weighted by molar-refractivity contribution is 5.15. The molecule has 0 spiro atoms. The molecule has 1 aliphatic heterocycles. The summed E-state index contributed by atoms with van der Waals surface area (Å²) in [6, 6.07) is 1.19. The van der Waals surface area contributed by atoms with Gasteiger partial charge in [0.25, 0.3) is 5.56 Å². The van der Waals surface area contributed by atoms with Gasteiger partial charge in [0.05, 0.1) is 13.2 Å². The van der Waals surface area contributed by atoms with Crippen molar-refractivity contribution in [1.82, 2.24) is 9.55 Å². The standard InChI is InChI=1S/C10H12N2O5/c13-4-6-3-7(5-14)17-9(6)12-2-1-8(15)11-10(12)16/h1-3,7,9,13-14H,4-5H2,(H,11,15,16)/t7-,9+/m0/s1. The lowest BCUT2D eigenvalue weighted by atomic mass is 10.2. The number of aromatic amines is 1. The van der Waals surface area contributed by atoms with Gasteiger partial charge in [0, 0.05) is 17.8 Å². The van der Waals surface area contributed by atoms with Crippen LogP contribution in [0.25, 0.3) is 0 Å². The Kier molecular flexibility index (Phi) is 3.23. The normalized spacial score (nSPS) is 23.8. The summed E-state index contributed by atoms with van der Waals surface area (Å²) in [6.45, 7) is -0.523.